The average Bonchev–Trinajstić information content (AvgIpc) is 2.53. The van der Waals surface area contributed by atoms with Gasteiger partial charge in [0.05, 0.1) is 6.10 Å². The van der Waals surface area contributed by atoms with Gasteiger partial charge < -0.3 is 15.4 Å². The van der Waals surface area contributed by atoms with E-state index >= 15 is 0 Å². The van der Waals surface area contributed by atoms with Gasteiger partial charge in [-0.15, -0.1) is 0 Å². The van der Waals surface area contributed by atoms with E-state index in [1.54, 1.807) is 0 Å². The summed E-state index contributed by atoms with van der Waals surface area (Å²) in [5.41, 5.74) is 7.48. The van der Waals surface area contributed by atoms with Gasteiger partial charge in [-0.1, -0.05) is 19.1 Å². The zero-order chi connectivity index (χ0) is 15.1. The lowest BCUT2D eigenvalue weighted by Crippen LogP contribution is -2.43. The number of carbonyl (C=O) groups is 1. The minimum absolute atomic E-state index is 0.110. The molecule has 0 bridgehead atoms. The van der Waals surface area contributed by atoms with Gasteiger partial charge in [-0.3, -0.25) is 4.79 Å². The van der Waals surface area contributed by atoms with Crippen molar-refractivity contribution in [3.05, 3.63) is 35.4 Å². The second-order valence-corrected chi connectivity index (χ2v) is 5.62. The summed E-state index contributed by atoms with van der Waals surface area (Å²) in [6, 6.07) is 7.80. The molecule has 4 heteroatoms. The van der Waals surface area contributed by atoms with E-state index in [1.807, 2.05) is 29.2 Å². The SMILES string of the molecule is CCCOC1CCCN(C(=O)c2ccc(CCN)cc2)C1. The monoisotopic (exact) mass is 290 g/mol. The molecular formula is C17H26N2O2. The third-order valence-electron chi connectivity index (χ3n) is 3.86. The molecule has 1 aliphatic heterocycles. The first-order chi connectivity index (χ1) is 10.2. The fourth-order valence-electron chi connectivity index (χ4n) is 2.71. The number of carbonyl (C=O) groups excluding carboxylic acids is 1. The highest BCUT2D eigenvalue weighted by Gasteiger charge is 2.24. The van der Waals surface area contributed by atoms with Crippen molar-refractivity contribution in [1.29, 1.82) is 0 Å². The molecule has 2 rings (SSSR count). The number of piperidine rings is 1. The molecule has 1 amide bonds. The zero-order valence-electron chi connectivity index (χ0n) is 12.9. The Morgan fingerprint density at radius 3 is 2.81 bits per heavy atom. The molecule has 4 nitrogen and oxygen atoms in total. The van der Waals surface area contributed by atoms with Crippen LogP contribution in [-0.2, 0) is 11.2 Å². The van der Waals surface area contributed by atoms with Crippen molar-refractivity contribution in [1.82, 2.24) is 4.90 Å². The molecule has 1 unspecified atom stereocenters. The summed E-state index contributed by atoms with van der Waals surface area (Å²) in [7, 11) is 0. The topological polar surface area (TPSA) is 55.6 Å². The molecule has 0 saturated carbocycles. The summed E-state index contributed by atoms with van der Waals surface area (Å²) >= 11 is 0. The van der Waals surface area contributed by atoms with E-state index in [0.29, 0.717) is 13.1 Å². The first-order valence-electron chi connectivity index (χ1n) is 7.94. The molecule has 116 valence electrons. The lowest BCUT2D eigenvalue weighted by Gasteiger charge is -2.32. The highest BCUT2D eigenvalue weighted by atomic mass is 16.5. The Labute approximate surface area is 127 Å². The van der Waals surface area contributed by atoms with Crippen LogP contribution in [0.2, 0.25) is 0 Å². The molecule has 0 aliphatic carbocycles. The molecule has 2 N–H and O–H groups in total. The van der Waals surface area contributed by atoms with E-state index in [9.17, 15) is 4.79 Å². The summed E-state index contributed by atoms with van der Waals surface area (Å²) in [6.07, 6.45) is 4.14. The molecule has 0 spiro atoms. The third-order valence-corrected chi connectivity index (χ3v) is 3.86. The van der Waals surface area contributed by atoms with Gasteiger partial charge in [0.2, 0.25) is 0 Å². The largest absolute Gasteiger partial charge is 0.376 e. The minimum Gasteiger partial charge on any atom is -0.376 e. The smallest absolute Gasteiger partial charge is 0.253 e. The number of hydrogen-bond donors (Lipinski definition) is 1. The van der Waals surface area contributed by atoms with Gasteiger partial charge >= 0.3 is 0 Å². The van der Waals surface area contributed by atoms with Crippen LogP contribution in [0.25, 0.3) is 0 Å². The Kier molecular flexibility index (Phi) is 6.21. The number of nitrogens with zero attached hydrogens (tertiary/aromatic N) is 1. The molecular weight excluding hydrogens is 264 g/mol. The van der Waals surface area contributed by atoms with Crippen LogP contribution < -0.4 is 5.73 Å². The molecule has 1 saturated heterocycles. The van der Waals surface area contributed by atoms with E-state index in [1.165, 1.54) is 5.56 Å². The first kappa shape index (κ1) is 16.0. The first-order valence-corrected chi connectivity index (χ1v) is 7.94. The zero-order valence-corrected chi connectivity index (χ0v) is 12.9. The van der Waals surface area contributed by atoms with Crippen molar-refractivity contribution in [3.8, 4) is 0 Å². The third kappa shape index (κ3) is 4.55. The molecule has 1 atom stereocenters. The van der Waals surface area contributed by atoms with Crippen LogP contribution in [0.4, 0.5) is 0 Å². The van der Waals surface area contributed by atoms with Crippen LogP contribution in [0.15, 0.2) is 24.3 Å². The summed E-state index contributed by atoms with van der Waals surface area (Å²) < 4.78 is 5.79. The Balaban J connectivity index is 1.95. The number of hydrogen-bond acceptors (Lipinski definition) is 3. The summed E-state index contributed by atoms with van der Waals surface area (Å²) in [4.78, 5) is 14.5. The van der Waals surface area contributed by atoms with Crippen molar-refractivity contribution < 1.29 is 9.53 Å². The van der Waals surface area contributed by atoms with Gasteiger partial charge in [-0.2, -0.15) is 0 Å². The van der Waals surface area contributed by atoms with Gasteiger partial charge in [0.15, 0.2) is 0 Å². The van der Waals surface area contributed by atoms with Crippen LogP contribution in [0.5, 0.6) is 0 Å². The Hall–Kier alpha value is -1.39. The maximum Gasteiger partial charge on any atom is 0.253 e. The maximum atomic E-state index is 12.5. The van der Waals surface area contributed by atoms with Crippen molar-refractivity contribution in [3.63, 3.8) is 0 Å². The Morgan fingerprint density at radius 2 is 2.14 bits per heavy atom. The number of rotatable bonds is 6. The van der Waals surface area contributed by atoms with Crippen molar-refractivity contribution >= 4 is 5.91 Å². The van der Waals surface area contributed by atoms with Crippen LogP contribution in [0.1, 0.15) is 42.1 Å². The summed E-state index contributed by atoms with van der Waals surface area (Å²) in [5.74, 6) is 0.110. The van der Waals surface area contributed by atoms with Crippen LogP contribution in [0, 0.1) is 0 Å². The summed E-state index contributed by atoms with van der Waals surface area (Å²) in [6.45, 7) is 5.06. The van der Waals surface area contributed by atoms with Crippen molar-refractivity contribution in [2.75, 3.05) is 26.2 Å². The van der Waals surface area contributed by atoms with E-state index in [4.69, 9.17) is 10.5 Å². The van der Waals surface area contributed by atoms with Crippen molar-refractivity contribution in [2.24, 2.45) is 5.73 Å². The van der Waals surface area contributed by atoms with Crippen molar-refractivity contribution in [2.45, 2.75) is 38.7 Å². The molecule has 1 fully saturated rings. The molecule has 1 aromatic rings. The second kappa shape index (κ2) is 8.15. The van der Waals surface area contributed by atoms with Gasteiger partial charge in [-0.25, -0.2) is 0 Å². The van der Waals surface area contributed by atoms with E-state index in [2.05, 4.69) is 6.92 Å². The molecule has 0 aromatic heterocycles. The number of amides is 1. The molecule has 21 heavy (non-hydrogen) atoms. The number of ether oxygens (including phenoxy) is 1. The highest BCUT2D eigenvalue weighted by molar-refractivity contribution is 5.94. The second-order valence-electron chi connectivity index (χ2n) is 5.62. The molecule has 1 aromatic carbocycles. The van der Waals surface area contributed by atoms with Gasteiger partial charge in [0.1, 0.15) is 0 Å². The number of nitrogens with two attached hydrogens (primary N) is 1. The quantitative estimate of drug-likeness (QED) is 0.874. The van der Waals surface area contributed by atoms with Gasteiger partial charge in [0, 0.05) is 25.3 Å². The lowest BCUT2D eigenvalue weighted by atomic mass is 10.0. The number of benzene rings is 1. The summed E-state index contributed by atoms with van der Waals surface area (Å²) in [5, 5.41) is 0. The molecule has 1 aliphatic rings. The van der Waals surface area contributed by atoms with E-state index in [0.717, 1.165) is 44.4 Å². The average molecular weight is 290 g/mol. The van der Waals surface area contributed by atoms with Crippen LogP contribution in [-0.4, -0.2) is 43.2 Å². The Morgan fingerprint density at radius 1 is 1.38 bits per heavy atom. The fourth-order valence-corrected chi connectivity index (χ4v) is 2.71. The normalized spacial score (nSPS) is 18.8. The fraction of sp³-hybridized carbons (Fsp3) is 0.588. The molecule has 1 heterocycles. The lowest BCUT2D eigenvalue weighted by molar-refractivity contribution is 0.00211. The maximum absolute atomic E-state index is 12.5. The van der Waals surface area contributed by atoms with Crippen LogP contribution >= 0.6 is 0 Å². The van der Waals surface area contributed by atoms with Crippen LogP contribution in [0.3, 0.4) is 0 Å². The predicted molar refractivity (Wildman–Crippen MR) is 84.4 cm³/mol. The van der Waals surface area contributed by atoms with Gasteiger partial charge in [-0.05, 0) is 49.9 Å². The Bertz CT molecular complexity index is 445. The standard InChI is InChI=1S/C17H26N2O2/c1-2-12-21-16-4-3-11-19(13-16)17(20)15-7-5-14(6-8-15)9-10-18/h5-8,16H,2-4,9-13,18H2,1H3. The minimum atomic E-state index is 0.110. The van der Waals surface area contributed by atoms with Gasteiger partial charge in [0.25, 0.3) is 5.91 Å². The number of likely N-dealkylation sites (tertiary alicyclic amines) is 1. The van der Waals surface area contributed by atoms with E-state index in [-0.39, 0.29) is 12.0 Å². The molecule has 0 radical (unpaired) electrons. The van der Waals surface area contributed by atoms with E-state index < -0.39 is 0 Å². The predicted octanol–water partition coefficient (Wildman–Crippen LogP) is 2.22. The highest BCUT2D eigenvalue weighted by Crippen LogP contribution is 2.17.